The summed E-state index contributed by atoms with van der Waals surface area (Å²) in [5.74, 6) is 2.34. The summed E-state index contributed by atoms with van der Waals surface area (Å²) in [6, 6.07) is 54.0. The molecule has 3 aromatic heterocycles. The summed E-state index contributed by atoms with van der Waals surface area (Å²) >= 11 is 0. The van der Waals surface area contributed by atoms with Crippen LogP contribution in [0.25, 0.3) is 22.4 Å². The molecule has 0 saturated carbocycles. The Morgan fingerprint density at radius 1 is 0.745 bits per heavy atom. The van der Waals surface area contributed by atoms with Gasteiger partial charge in [-0.2, -0.15) is 36.4 Å². The average Bonchev–Trinajstić information content (AvgIpc) is 3.81. The maximum absolute atomic E-state index is 6.57. The standard InChI is InChI=1S/C36H21N4O2.C6H4N.2Pt/c1-39-25-40(35-17-18-37-24-36(35)39)29-10-7-15-33(23-29)42-32-14-6-9-28(21-32)34-22-27(16-19-38-34)26-8-5-13-31(20-26)41-30-11-3-2-4-12-30;1-2-7-5-3-4-6-7;;/h2-11,13-15,17-19,22,24H,1H3;3-6H;;/q-3;-1;+2;+4. The van der Waals surface area contributed by atoms with E-state index in [1.807, 2.05) is 126 Å². The van der Waals surface area contributed by atoms with Crippen LogP contribution < -0.4 is 14.0 Å². The smallest absolute Gasteiger partial charge is 0.669 e. The van der Waals surface area contributed by atoms with E-state index in [9.17, 15) is 0 Å². The topological polar surface area (TPSA) is 55.2 Å². The van der Waals surface area contributed by atoms with Crippen molar-refractivity contribution in [3.05, 3.63) is 171 Å². The van der Waals surface area contributed by atoms with Gasteiger partial charge in [0.1, 0.15) is 11.9 Å². The second-order valence-corrected chi connectivity index (χ2v) is 10.6. The van der Waals surface area contributed by atoms with Crippen LogP contribution in [-0.4, -0.2) is 32.2 Å². The fourth-order valence-corrected chi connectivity index (χ4v) is 4.99. The quantitative estimate of drug-likeness (QED) is 0.0914. The van der Waals surface area contributed by atoms with E-state index in [2.05, 4.69) is 52.4 Å². The Labute approximate surface area is 325 Å². The van der Waals surface area contributed by atoms with Crippen molar-refractivity contribution in [2.45, 2.75) is 0 Å². The monoisotopic (exact) mass is 1020 g/mol. The average molecular weight is 1020 g/mol. The van der Waals surface area contributed by atoms with Crippen molar-refractivity contribution < 1.29 is 56.2 Å². The van der Waals surface area contributed by atoms with Gasteiger partial charge in [-0.15, -0.1) is 48.0 Å². The molecule has 248 valence electrons. The molecule has 1 aliphatic heterocycles. The molecule has 0 fully saturated rings. The van der Waals surface area contributed by atoms with Crippen molar-refractivity contribution in [3.63, 3.8) is 0 Å². The number of pyridine rings is 2. The number of hydrogen-bond acceptors (Lipinski definition) is 4. The number of rotatable bonds is 7. The molecular weight excluding hydrogens is 997 g/mol. The predicted octanol–water partition coefficient (Wildman–Crippen LogP) is 8.57. The number of fused-ring (bicyclic) bond motifs is 1. The molecule has 0 radical (unpaired) electrons. The second-order valence-electron chi connectivity index (χ2n) is 10.6. The maximum atomic E-state index is 6.57. The molecule has 0 N–H and O–H groups in total. The molecule has 0 amide bonds. The van der Waals surface area contributed by atoms with Crippen LogP contribution in [0.2, 0.25) is 0 Å². The first-order valence-electron chi connectivity index (χ1n) is 15.2. The minimum atomic E-state index is 0. The normalized spacial score (nSPS) is 10.8. The molecule has 7 nitrogen and oxygen atoms in total. The van der Waals surface area contributed by atoms with E-state index in [0.29, 0.717) is 23.0 Å². The molecule has 9 heteroatoms. The van der Waals surface area contributed by atoms with Crippen LogP contribution in [0.5, 0.6) is 23.0 Å². The number of aromatic nitrogens is 3. The molecule has 0 saturated heterocycles. The van der Waals surface area contributed by atoms with Gasteiger partial charge < -0.3 is 25.4 Å². The summed E-state index contributed by atoms with van der Waals surface area (Å²) in [6.45, 7) is 0. The Kier molecular flexibility index (Phi) is 12.5. The molecule has 4 aromatic carbocycles. The van der Waals surface area contributed by atoms with Crippen molar-refractivity contribution in [2.75, 3.05) is 7.05 Å². The van der Waals surface area contributed by atoms with Crippen molar-refractivity contribution in [1.29, 1.82) is 0 Å². The van der Waals surface area contributed by atoms with E-state index in [1.165, 1.54) is 0 Å². The Balaban J connectivity index is 0.000000503. The second kappa shape index (κ2) is 17.3. The number of benzene rings is 4. The van der Waals surface area contributed by atoms with Crippen LogP contribution >= 0.6 is 0 Å². The molecule has 51 heavy (non-hydrogen) atoms. The van der Waals surface area contributed by atoms with Crippen LogP contribution in [0.3, 0.4) is 0 Å². The first-order valence-corrected chi connectivity index (χ1v) is 15.2. The zero-order valence-electron chi connectivity index (χ0n) is 26.9. The first-order chi connectivity index (χ1) is 24.1. The van der Waals surface area contributed by atoms with Crippen molar-refractivity contribution in [1.82, 2.24) is 19.1 Å². The van der Waals surface area contributed by atoms with E-state index >= 15 is 0 Å². The number of hydrogen-bond donors (Lipinski definition) is 0. The third-order valence-corrected chi connectivity index (χ3v) is 7.29. The summed E-state index contributed by atoms with van der Waals surface area (Å²) in [4.78, 5) is 8.76. The van der Waals surface area contributed by atoms with Gasteiger partial charge in [0.2, 0.25) is 0 Å². The van der Waals surface area contributed by atoms with E-state index in [0.717, 1.165) is 39.4 Å². The van der Waals surface area contributed by atoms with Gasteiger partial charge >= 0.3 is 53.8 Å². The van der Waals surface area contributed by atoms with Gasteiger partial charge in [-0.05, 0) is 12.1 Å². The molecular formula is C42H25N5O2Pt2+2. The molecule has 7 aromatic rings. The summed E-state index contributed by atoms with van der Waals surface area (Å²) in [7, 11) is 1.94. The Bertz CT molecular complexity index is 2360. The van der Waals surface area contributed by atoms with Crippen LogP contribution in [0, 0.1) is 42.8 Å². The number of nitrogens with zero attached hydrogens (tertiary/aromatic N) is 5. The van der Waals surface area contributed by atoms with Crippen molar-refractivity contribution >= 4 is 23.1 Å². The zero-order valence-corrected chi connectivity index (χ0v) is 31.4. The third-order valence-electron chi connectivity index (χ3n) is 7.29. The largest absolute Gasteiger partial charge is 4.00 e. The fraction of sp³-hybridized carbons (Fsp3) is 0.0238. The first kappa shape index (κ1) is 36.7. The van der Waals surface area contributed by atoms with Crippen molar-refractivity contribution in [3.8, 4) is 51.4 Å². The molecule has 1 aliphatic rings. The van der Waals surface area contributed by atoms with Crippen LogP contribution in [-0.2, 0) is 42.1 Å². The van der Waals surface area contributed by atoms with E-state index in [1.54, 1.807) is 29.4 Å². The molecule has 0 unspecified atom stereocenters. The SMILES string of the molecule is C[N+]1=C=[N+](c2[c-]c(Oc3[c-]c(-c4cc(-c5[c-]c(Oc6[c-]cccc6)ccc5)[c-]cn4)ccc3)ccc2)c2ccncc21.[C-]#Cn1cccc1.[Pt+2].[Pt+4]. The number of ether oxygens (including phenoxy) is 2. The Hall–Kier alpha value is -5.62. The van der Waals surface area contributed by atoms with Crippen molar-refractivity contribution in [2.24, 2.45) is 0 Å². The fourth-order valence-electron chi connectivity index (χ4n) is 4.99. The van der Waals surface area contributed by atoms with E-state index < -0.39 is 0 Å². The molecule has 0 spiro atoms. The van der Waals surface area contributed by atoms with Gasteiger partial charge in [-0.25, -0.2) is 24.2 Å². The molecule has 8 rings (SSSR count). The van der Waals surface area contributed by atoms with Crippen LogP contribution in [0.1, 0.15) is 0 Å². The molecule has 0 aliphatic carbocycles. The van der Waals surface area contributed by atoms with Gasteiger partial charge in [0.25, 0.3) is 5.69 Å². The summed E-state index contributed by atoms with van der Waals surface area (Å²) in [5.41, 5.74) is 5.94. The Morgan fingerprint density at radius 3 is 2.16 bits per heavy atom. The Morgan fingerprint density at radius 2 is 1.43 bits per heavy atom. The van der Waals surface area contributed by atoms with Gasteiger partial charge in [-0.1, -0.05) is 39.2 Å². The van der Waals surface area contributed by atoms with Gasteiger partial charge in [0, 0.05) is 47.7 Å². The van der Waals surface area contributed by atoms with Crippen LogP contribution in [0.15, 0.2) is 134 Å². The summed E-state index contributed by atoms with van der Waals surface area (Å²) in [6.07, 6.45) is 15.3. The maximum Gasteiger partial charge on any atom is 4.00 e. The van der Waals surface area contributed by atoms with E-state index in [-0.39, 0.29) is 42.1 Å². The molecule has 4 heterocycles. The molecule has 0 bridgehead atoms. The van der Waals surface area contributed by atoms with Gasteiger partial charge in [0.15, 0.2) is 7.05 Å². The van der Waals surface area contributed by atoms with Gasteiger partial charge in [0.05, 0.1) is 0 Å². The third kappa shape index (κ3) is 8.95. The van der Waals surface area contributed by atoms with Crippen LogP contribution in [0.4, 0.5) is 17.1 Å². The van der Waals surface area contributed by atoms with Gasteiger partial charge in [-0.3, -0.25) is 16.1 Å². The zero-order chi connectivity index (χ0) is 33.4. The molecule has 0 atom stereocenters. The van der Waals surface area contributed by atoms with E-state index in [4.69, 9.17) is 15.9 Å². The summed E-state index contributed by atoms with van der Waals surface area (Å²) in [5, 5.41) is 0. The summed E-state index contributed by atoms with van der Waals surface area (Å²) < 4.78 is 17.5. The minimum absolute atomic E-state index is 0. The minimum Gasteiger partial charge on any atom is -0.669 e. The number of para-hydroxylation sites is 1. The predicted molar refractivity (Wildman–Crippen MR) is 186 cm³/mol.